The molecule has 3 nitrogen and oxygen atoms in total. The standard InChI is InChI=1S/C14H23NO2/c1-4-8-15-14(12-7-9-16-11(12)3)13-6-5-10(2)17-13/h5-6,11-12,14-15H,4,7-9H2,1-3H3. The molecule has 0 radical (unpaired) electrons. The Labute approximate surface area is 104 Å². The largest absolute Gasteiger partial charge is 0.465 e. The van der Waals surface area contributed by atoms with Gasteiger partial charge in [0.2, 0.25) is 0 Å². The van der Waals surface area contributed by atoms with Gasteiger partial charge in [0.25, 0.3) is 0 Å². The molecule has 2 rings (SSSR count). The SMILES string of the molecule is CCCNC(c1ccc(C)o1)C1CCOC1C. The first-order valence-corrected chi connectivity index (χ1v) is 6.63. The Kier molecular flexibility index (Phi) is 4.24. The summed E-state index contributed by atoms with van der Waals surface area (Å²) in [6.07, 6.45) is 2.57. The summed E-state index contributed by atoms with van der Waals surface area (Å²) >= 11 is 0. The quantitative estimate of drug-likeness (QED) is 0.854. The van der Waals surface area contributed by atoms with Gasteiger partial charge in [0.1, 0.15) is 11.5 Å². The fourth-order valence-electron chi connectivity index (χ4n) is 2.57. The molecule has 1 fully saturated rings. The second-order valence-corrected chi connectivity index (χ2v) is 4.91. The maximum Gasteiger partial charge on any atom is 0.121 e. The minimum atomic E-state index is 0.293. The number of rotatable bonds is 5. The number of aryl methyl sites for hydroxylation is 1. The Morgan fingerprint density at radius 2 is 2.29 bits per heavy atom. The van der Waals surface area contributed by atoms with Crippen molar-refractivity contribution in [1.82, 2.24) is 5.32 Å². The van der Waals surface area contributed by atoms with Crippen LogP contribution in [-0.2, 0) is 4.74 Å². The minimum Gasteiger partial charge on any atom is -0.465 e. The van der Waals surface area contributed by atoms with Crippen LogP contribution in [0.2, 0.25) is 0 Å². The molecule has 1 aliphatic heterocycles. The third-order valence-electron chi connectivity index (χ3n) is 3.54. The fraction of sp³-hybridized carbons (Fsp3) is 0.714. The number of nitrogens with one attached hydrogen (secondary N) is 1. The van der Waals surface area contributed by atoms with E-state index in [0.717, 1.165) is 37.5 Å². The zero-order valence-electron chi connectivity index (χ0n) is 11.0. The predicted octanol–water partition coefficient (Wildman–Crippen LogP) is 3.05. The Hall–Kier alpha value is -0.800. The van der Waals surface area contributed by atoms with Crippen molar-refractivity contribution in [2.45, 2.75) is 45.8 Å². The summed E-state index contributed by atoms with van der Waals surface area (Å²) in [5, 5.41) is 3.60. The molecule has 17 heavy (non-hydrogen) atoms. The van der Waals surface area contributed by atoms with Gasteiger partial charge in [-0.15, -0.1) is 0 Å². The average Bonchev–Trinajstić information content (AvgIpc) is 2.90. The van der Waals surface area contributed by atoms with Crippen LogP contribution in [0.4, 0.5) is 0 Å². The smallest absolute Gasteiger partial charge is 0.121 e. The molecule has 0 spiro atoms. The monoisotopic (exact) mass is 237 g/mol. The van der Waals surface area contributed by atoms with E-state index in [0.29, 0.717) is 18.1 Å². The van der Waals surface area contributed by atoms with Crippen LogP contribution in [0.1, 0.15) is 44.3 Å². The Morgan fingerprint density at radius 1 is 1.47 bits per heavy atom. The molecule has 0 aliphatic carbocycles. The molecule has 1 N–H and O–H groups in total. The van der Waals surface area contributed by atoms with E-state index in [2.05, 4.69) is 25.2 Å². The van der Waals surface area contributed by atoms with Crippen molar-refractivity contribution in [3.05, 3.63) is 23.7 Å². The van der Waals surface area contributed by atoms with Crippen LogP contribution < -0.4 is 5.32 Å². The first kappa shape index (κ1) is 12.7. The molecular weight excluding hydrogens is 214 g/mol. The van der Waals surface area contributed by atoms with Gasteiger partial charge in [-0.3, -0.25) is 0 Å². The lowest BCUT2D eigenvalue weighted by atomic mass is 9.91. The molecule has 96 valence electrons. The second kappa shape index (κ2) is 5.69. The van der Waals surface area contributed by atoms with Gasteiger partial charge in [-0.1, -0.05) is 6.92 Å². The van der Waals surface area contributed by atoms with Crippen LogP contribution >= 0.6 is 0 Å². The van der Waals surface area contributed by atoms with Gasteiger partial charge < -0.3 is 14.5 Å². The van der Waals surface area contributed by atoms with Crippen molar-refractivity contribution in [2.75, 3.05) is 13.2 Å². The van der Waals surface area contributed by atoms with Crippen LogP contribution in [0.3, 0.4) is 0 Å². The zero-order chi connectivity index (χ0) is 12.3. The van der Waals surface area contributed by atoms with E-state index in [1.165, 1.54) is 0 Å². The molecule has 0 bridgehead atoms. The summed E-state index contributed by atoms with van der Waals surface area (Å²) in [7, 11) is 0. The molecule has 0 amide bonds. The molecule has 3 heteroatoms. The molecule has 2 heterocycles. The van der Waals surface area contributed by atoms with Gasteiger partial charge in [-0.25, -0.2) is 0 Å². The van der Waals surface area contributed by atoms with Crippen molar-refractivity contribution < 1.29 is 9.15 Å². The predicted molar refractivity (Wildman–Crippen MR) is 68.0 cm³/mol. The van der Waals surface area contributed by atoms with Crippen molar-refractivity contribution in [3.8, 4) is 0 Å². The summed E-state index contributed by atoms with van der Waals surface area (Å²) in [5.41, 5.74) is 0. The second-order valence-electron chi connectivity index (χ2n) is 4.91. The molecule has 1 saturated heterocycles. The lowest BCUT2D eigenvalue weighted by Crippen LogP contribution is -2.32. The maximum atomic E-state index is 5.79. The van der Waals surface area contributed by atoms with Crippen LogP contribution in [0.15, 0.2) is 16.5 Å². The first-order valence-electron chi connectivity index (χ1n) is 6.63. The molecular formula is C14H23NO2. The topological polar surface area (TPSA) is 34.4 Å². The summed E-state index contributed by atoms with van der Waals surface area (Å²) in [5.74, 6) is 2.56. The number of hydrogen-bond donors (Lipinski definition) is 1. The van der Waals surface area contributed by atoms with Gasteiger partial charge in [-0.2, -0.15) is 0 Å². The lowest BCUT2D eigenvalue weighted by Gasteiger charge is -2.25. The highest BCUT2D eigenvalue weighted by molar-refractivity contribution is 5.11. The van der Waals surface area contributed by atoms with Crippen LogP contribution in [0.5, 0.6) is 0 Å². The Balaban J connectivity index is 2.12. The maximum absolute atomic E-state index is 5.79. The summed E-state index contributed by atoms with van der Waals surface area (Å²) in [6, 6.07) is 4.42. The van der Waals surface area contributed by atoms with Crippen molar-refractivity contribution in [3.63, 3.8) is 0 Å². The van der Waals surface area contributed by atoms with Gasteiger partial charge >= 0.3 is 0 Å². The van der Waals surface area contributed by atoms with Gasteiger partial charge in [0, 0.05) is 12.5 Å². The normalized spacial score (nSPS) is 26.3. The van der Waals surface area contributed by atoms with Crippen LogP contribution in [0, 0.1) is 12.8 Å². The number of ether oxygens (including phenoxy) is 1. The van der Waals surface area contributed by atoms with Gasteiger partial charge in [0.15, 0.2) is 0 Å². The van der Waals surface area contributed by atoms with E-state index in [4.69, 9.17) is 9.15 Å². The Morgan fingerprint density at radius 3 is 2.82 bits per heavy atom. The minimum absolute atomic E-state index is 0.293. The van der Waals surface area contributed by atoms with Crippen molar-refractivity contribution in [1.29, 1.82) is 0 Å². The van der Waals surface area contributed by atoms with E-state index >= 15 is 0 Å². The van der Waals surface area contributed by atoms with Gasteiger partial charge in [0.05, 0.1) is 12.1 Å². The molecule has 3 unspecified atom stereocenters. The third kappa shape index (κ3) is 2.90. The molecule has 1 aromatic rings. The first-order chi connectivity index (χ1) is 8.22. The molecule has 0 aromatic carbocycles. The van der Waals surface area contributed by atoms with E-state index in [1.807, 2.05) is 13.0 Å². The number of furan rings is 1. The van der Waals surface area contributed by atoms with Crippen molar-refractivity contribution in [2.24, 2.45) is 5.92 Å². The highest BCUT2D eigenvalue weighted by atomic mass is 16.5. The van der Waals surface area contributed by atoms with Crippen molar-refractivity contribution >= 4 is 0 Å². The van der Waals surface area contributed by atoms with E-state index in [-0.39, 0.29) is 0 Å². The third-order valence-corrected chi connectivity index (χ3v) is 3.54. The molecule has 3 atom stereocenters. The number of hydrogen-bond acceptors (Lipinski definition) is 3. The molecule has 1 aromatic heterocycles. The summed E-state index contributed by atoms with van der Waals surface area (Å²) in [4.78, 5) is 0. The highest BCUT2D eigenvalue weighted by Crippen LogP contribution is 2.34. The summed E-state index contributed by atoms with van der Waals surface area (Å²) in [6.45, 7) is 8.23. The van der Waals surface area contributed by atoms with E-state index < -0.39 is 0 Å². The lowest BCUT2D eigenvalue weighted by molar-refractivity contribution is 0.0923. The van der Waals surface area contributed by atoms with Crippen LogP contribution in [-0.4, -0.2) is 19.3 Å². The van der Waals surface area contributed by atoms with Gasteiger partial charge in [-0.05, 0) is 45.4 Å². The van der Waals surface area contributed by atoms with E-state index in [1.54, 1.807) is 0 Å². The average molecular weight is 237 g/mol. The Bertz CT molecular complexity index is 348. The zero-order valence-corrected chi connectivity index (χ0v) is 11.0. The highest BCUT2D eigenvalue weighted by Gasteiger charge is 2.34. The van der Waals surface area contributed by atoms with Crippen LogP contribution in [0.25, 0.3) is 0 Å². The molecule has 1 aliphatic rings. The fourth-order valence-corrected chi connectivity index (χ4v) is 2.57. The summed E-state index contributed by atoms with van der Waals surface area (Å²) < 4.78 is 11.5. The molecule has 0 saturated carbocycles. The van der Waals surface area contributed by atoms with E-state index in [9.17, 15) is 0 Å².